The summed E-state index contributed by atoms with van der Waals surface area (Å²) in [6, 6.07) is 21.7. The number of nitrogens with one attached hydrogen (secondary N) is 1. The van der Waals surface area contributed by atoms with Crippen LogP contribution in [0.1, 0.15) is 0 Å². The molecule has 0 radical (unpaired) electrons. The van der Waals surface area contributed by atoms with Crippen molar-refractivity contribution in [1.82, 2.24) is 15.2 Å². The minimum Gasteiger partial charge on any atom is -0.279 e. The molecule has 0 amide bonds. The molecule has 2 heterocycles. The second kappa shape index (κ2) is 5.74. The molecule has 0 spiro atoms. The van der Waals surface area contributed by atoms with Gasteiger partial charge in [0.25, 0.3) is 0 Å². The number of anilines is 3. The zero-order valence-corrected chi connectivity index (χ0v) is 12.9. The Kier molecular flexibility index (Phi) is 3.44. The fourth-order valence-corrected chi connectivity index (χ4v) is 2.74. The van der Waals surface area contributed by atoms with Gasteiger partial charge < -0.3 is 0 Å². The van der Waals surface area contributed by atoms with E-state index in [1.54, 1.807) is 6.20 Å². The Hall–Kier alpha value is -2.85. The van der Waals surface area contributed by atoms with E-state index in [0.29, 0.717) is 5.02 Å². The number of pyridine rings is 1. The SMILES string of the molecule is Clc1ccc2nc(N(c3ccccc3)c3ccn[nH]3)ccc2c1. The van der Waals surface area contributed by atoms with Crippen molar-refractivity contribution in [3.05, 3.63) is 77.9 Å². The first-order valence-electron chi connectivity index (χ1n) is 7.22. The van der Waals surface area contributed by atoms with Crippen LogP contribution in [0.15, 0.2) is 72.9 Å². The molecule has 2 aromatic heterocycles. The van der Waals surface area contributed by atoms with Crippen LogP contribution < -0.4 is 4.90 Å². The summed E-state index contributed by atoms with van der Waals surface area (Å²) in [7, 11) is 0. The third-order valence-electron chi connectivity index (χ3n) is 3.61. The van der Waals surface area contributed by atoms with E-state index < -0.39 is 0 Å². The molecule has 4 rings (SSSR count). The monoisotopic (exact) mass is 320 g/mol. The molecule has 5 heteroatoms. The highest BCUT2D eigenvalue weighted by Gasteiger charge is 2.14. The molecule has 0 fully saturated rings. The fraction of sp³-hybridized carbons (Fsp3) is 0. The Labute approximate surface area is 138 Å². The van der Waals surface area contributed by atoms with Crippen LogP contribution in [0.4, 0.5) is 17.3 Å². The quantitative estimate of drug-likeness (QED) is 0.572. The Bertz CT molecular complexity index is 936. The van der Waals surface area contributed by atoms with Gasteiger partial charge in [-0.15, -0.1) is 0 Å². The number of fused-ring (bicyclic) bond motifs is 1. The Morgan fingerprint density at radius 1 is 0.913 bits per heavy atom. The minimum absolute atomic E-state index is 0.709. The fourth-order valence-electron chi connectivity index (χ4n) is 2.56. The maximum absolute atomic E-state index is 6.05. The molecule has 0 aliphatic heterocycles. The van der Waals surface area contributed by atoms with E-state index in [9.17, 15) is 0 Å². The number of nitrogens with zero attached hydrogens (tertiary/aromatic N) is 3. The van der Waals surface area contributed by atoms with Gasteiger partial charge in [-0.2, -0.15) is 5.10 Å². The number of benzene rings is 2. The zero-order chi connectivity index (χ0) is 15.6. The molecule has 0 aliphatic rings. The Balaban J connectivity index is 1.88. The maximum Gasteiger partial charge on any atom is 0.139 e. The van der Waals surface area contributed by atoms with Crippen LogP contribution in [0.3, 0.4) is 0 Å². The third kappa shape index (κ3) is 2.64. The van der Waals surface area contributed by atoms with E-state index >= 15 is 0 Å². The molecule has 23 heavy (non-hydrogen) atoms. The molecule has 0 atom stereocenters. The van der Waals surface area contributed by atoms with Gasteiger partial charge in [-0.3, -0.25) is 10.00 Å². The van der Waals surface area contributed by atoms with Gasteiger partial charge in [0.2, 0.25) is 0 Å². The van der Waals surface area contributed by atoms with Crippen LogP contribution in [-0.2, 0) is 0 Å². The number of halogens is 1. The standard InChI is InChI=1S/C18H13ClN4/c19-14-7-8-16-13(12-14)6-9-17(21-16)23(18-10-11-20-22-18)15-4-2-1-3-5-15/h1-12H,(H,20,22). The molecule has 4 nitrogen and oxygen atoms in total. The van der Waals surface area contributed by atoms with Gasteiger partial charge in [-0.05, 0) is 42.5 Å². The first kappa shape index (κ1) is 13.8. The first-order chi connectivity index (χ1) is 11.3. The van der Waals surface area contributed by atoms with Crippen molar-refractivity contribution in [3.63, 3.8) is 0 Å². The van der Waals surface area contributed by atoms with E-state index in [1.165, 1.54) is 0 Å². The van der Waals surface area contributed by atoms with E-state index in [1.807, 2.05) is 71.6 Å². The van der Waals surface area contributed by atoms with Crippen molar-refractivity contribution in [2.75, 3.05) is 4.90 Å². The van der Waals surface area contributed by atoms with Crippen LogP contribution in [0, 0.1) is 0 Å². The van der Waals surface area contributed by atoms with E-state index in [2.05, 4.69) is 10.2 Å². The summed E-state index contributed by atoms with van der Waals surface area (Å²) in [6.07, 6.45) is 1.73. The maximum atomic E-state index is 6.05. The third-order valence-corrected chi connectivity index (χ3v) is 3.84. The number of H-pyrrole nitrogens is 1. The summed E-state index contributed by atoms with van der Waals surface area (Å²) in [6.45, 7) is 0. The van der Waals surface area contributed by atoms with Crippen molar-refractivity contribution in [2.45, 2.75) is 0 Å². The van der Waals surface area contributed by atoms with E-state index in [4.69, 9.17) is 16.6 Å². The Morgan fingerprint density at radius 3 is 2.57 bits per heavy atom. The summed E-state index contributed by atoms with van der Waals surface area (Å²) < 4.78 is 0. The highest BCUT2D eigenvalue weighted by atomic mass is 35.5. The van der Waals surface area contributed by atoms with Crippen molar-refractivity contribution in [2.24, 2.45) is 0 Å². The minimum atomic E-state index is 0.709. The van der Waals surface area contributed by atoms with Crippen molar-refractivity contribution in [1.29, 1.82) is 0 Å². The van der Waals surface area contributed by atoms with Crippen LogP contribution in [0.2, 0.25) is 5.02 Å². The summed E-state index contributed by atoms with van der Waals surface area (Å²) in [5, 5.41) is 8.78. The molecule has 4 aromatic rings. The highest BCUT2D eigenvalue weighted by Crippen LogP contribution is 2.32. The smallest absolute Gasteiger partial charge is 0.139 e. The lowest BCUT2D eigenvalue weighted by molar-refractivity contribution is 1.05. The van der Waals surface area contributed by atoms with Gasteiger partial charge in [0.1, 0.15) is 11.6 Å². The largest absolute Gasteiger partial charge is 0.279 e. The topological polar surface area (TPSA) is 44.8 Å². The van der Waals surface area contributed by atoms with Crippen LogP contribution in [0.5, 0.6) is 0 Å². The molecule has 0 bridgehead atoms. The van der Waals surface area contributed by atoms with Crippen molar-refractivity contribution >= 4 is 39.8 Å². The summed E-state index contributed by atoms with van der Waals surface area (Å²) in [4.78, 5) is 6.80. The van der Waals surface area contributed by atoms with Gasteiger partial charge in [-0.25, -0.2) is 4.98 Å². The normalized spacial score (nSPS) is 10.8. The van der Waals surface area contributed by atoms with Crippen LogP contribution in [-0.4, -0.2) is 15.2 Å². The molecule has 0 aliphatic carbocycles. The second-order valence-electron chi connectivity index (χ2n) is 5.12. The predicted molar refractivity (Wildman–Crippen MR) is 93.6 cm³/mol. The highest BCUT2D eigenvalue weighted by molar-refractivity contribution is 6.31. The van der Waals surface area contributed by atoms with Gasteiger partial charge >= 0.3 is 0 Å². The number of hydrogen-bond donors (Lipinski definition) is 1. The van der Waals surface area contributed by atoms with Crippen molar-refractivity contribution in [3.8, 4) is 0 Å². The molecule has 0 saturated heterocycles. The second-order valence-corrected chi connectivity index (χ2v) is 5.56. The summed E-state index contributed by atoms with van der Waals surface area (Å²) in [5.41, 5.74) is 1.91. The zero-order valence-electron chi connectivity index (χ0n) is 12.1. The number of rotatable bonds is 3. The van der Waals surface area contributed by atoms with Gasteiger partial charge in [0, 0.05) is 22.2 Å². The van der Waals surface area contributed by atoms with Crippen LogP contribution >= 0.6 is 11.6 Å². The number of para-hydroxylation sites is 1. The average molecular weight is 321 g/mol. The first-order valence-corrected chi connectivity index (χ1v) is 7.60. The summed E-state index contributed by atoms with van der Waals surface area (Å²) >= 11 is 6.05. The number of aromatic nitrogens is 3. The van der Waals surface area contributed by atoms with Gasteiger partial charge in [0.05, 0.1) is 11.7 Å². The number of aromatic amines is 1. The average Bonchev–Trinajstić information content (AvgIpc) is 3.10. The molecular formula is C18H13ClN4. The van der Waals surface area contributed by atoms with E-state index in [-0.39, 0.29) is 0 Å². The van der Waals surface area contributed by atoms with Gasteiger partial charge in [0.15, 0.2) is 0 Å². The predicted octanol–water partition coefficient (Wildman–Crippen LogP) is 5.08. The Morgan fingerprint density at radius 2 is 1.78 bits per heavy atom. The molecule has 0 saturated carbocycles. The lowest BCUT2D eigenvalue weighted by atomic mass is 10.2. The van der Waals surface area contributed by atoms with Gasteiger partial charge in [-0.1, -0.05) is 29.8 Å². The van der Waals surface area contributed by atoms with E-state index in [0.717, 1.165) is 28.2 Å². The lowest BCUT2D eigenvalue weighted by Gasteiger charge is -2.22. The molecular weight excluding hydrogens is 308 g/mol. The lowest BCUT2D eigenvalue weighted by Crippen LogP contribution is -2.11. The molecule has 2 aromatic carbocycles. The van der Waals surface area contributed by atoms with Crippen LogP contribution in [0.25, 0.3) is 10.9 Å². The molecule has 112 valence electrons. The summed E-state index contributed by atoms with van der Waals surface area (Å²) in [5.74, 6) is 1.67. The van der Waals surface area contributed by atoms with Crippen molar-refractivity contribution < 1.29 is 0 Å². The molecule has 0 unspecified atom stereocenters. The molecule has 1 N–H and O–H groups in total. The number of hydrogen-bond acceptors (Lipinski definition) is 3.